The fourth-order valence-electron chi connectivity index (χ4n) is 1.90. The van der Waals surface area contributed by atoms with E-state index >= 15 is 0 Å². The number of aromatic nitrogens is 3. The van der Waals surface area contributed by atoms with Crippen LogP contribution in [-0.2, 0) is 0 Å². The lowest BCUT2D eigenvalue weighted by molar-refractivity contribution is 0.448. The average molecular weight is 219 g/mol. The van der Waals surface area contributed by atoms with Gasteiger partial charge in [-0.1, -0.05) is 5.16 Å². The topological polar surface area (TPSA) is 75.9 Å². The Morgan fingerprint density at radius 2 is 2.50 bits per heavy atom. The molecular formula is C10H13N5O. The van der Waals surface area contributed by atoms with Gasteiger partial charge in [-0.15, -0.1) is 0 Å². The molecule has 3 heterocycles. The molecule has 0 amide bonds. The number of hydrogen-bond acceptors (Lipinski definition) is 6. The minimum atomic E-state index is 0.522. The molecule has 3 rings (SSSR count). The Morgan fingerprint density at radius 1 is 1.50 bits per heavy atom. The maximum Gasteiger partial charge on any atom is 0.262 e. The molecule has 1 aliphatic heterocycles. The maximum atomic E-state index is 4.97. The summed E-state index contributed by atoms with van der Waals surface area (Å²) in [6.07, 6.45) is 5.77. The molecule has 1 saturated heterocycles. The fourth-order valence-corrected chi connectivity index (χ4v) is 1.90. The smallest absolute Gasteiger partial charge is 0.262 e. The Labute approximate surface area is 92.4 Å². The van der Waals surface area contributed by atoms with Crippen LogP contribution in [0.25, 0.3) is 11.1 Å². The third kappa shape index (κ3) is 1.83. The Bertz CT molecular complexity index is 477. The predicted molar refractivity (Wildman–Crippen MR) is 59.1 cm³/mol. The first-order chi connectivity index (χ1) is 7.92. The molecule has 1 fully saturated rings. The summed E-state index contributed by atoms with van der Waals surface area (Å²) in [5.74, 6) is 0.595. The molecular weight excluding hydrogens is 206 g/mol. The molecule has 84 valence electrons. The highest BCUT2D eigenvalue weighted by molar-refractivity contribution is 5.71. The normalized spacial score (nSPS) is 20.4. The molecule has 2 N–H and O–H groups in total. The number of nitrogens with zero attached hydrogens (tertiary/aromatic N) is 3. The van der Waals surface area contributed by atoms with Gasteiger partial charge in [0.05, 0.1) is 11.6 Å². The molecule has 1 aliphatic rings. The van der Waals surface area contributed by atoms with Crippen LogP contribution in [0.3, 0.4) is 0 Å². The van der Waals surface area contributed by atoms with Crippen molar-refractivity contribution in [3.05, 3.63) is 12.4 Å². The molecule has 0 radical (unpaired) electrons. The molecule has 6 nitrogen and oxygen atoms in total. The number of fused-ring (bicyclic) bond motifs is 1. The molecule has 0 aromatic carbocycles. The van der Waals surface area contributed by atoms with Gasteiger partial charge in [0.15, 0.2) is 0 Å². The zero-order valence-corrected chi connectivity index (χ0v) is 8.81. The van der Waals surface area contributed by atoms with Gasteiger partial charge in [-0.2, -0.15) is 4.98 Å². The Morgan fingerprint density at radius 3 is 3.38 bits per heavy atom. The summed E-state index contributed by atoms with van der Waals surface area (Å²) in [5, 5.41) is 11.1. The molecule has 16 heavy (non-hydrogen) atoms. The van der Waals surface area contributed by atoms with Crippen molar-refractivity contribution in [3.63, 3.8) is 0 Å². The first-order valence-electron chi connectivity index (χ1n) is 5.46. The van der Waals surface area contributed by atoms with E-state index in [1.54, 1.807) is 12.4 Å². The van der Waals surface area contributed by atoms with Gasteiger partial charge in [0, 0.05) is 18.8 Å². The number of rotatable bonds is 3. The van der Waals surface area contributed by atoms with Crippen LogP contribution in [-0.4, -0.2) is 34.3 Å². The summed E-state index contributed by atoms with van der Waals surface area (Å²) in [4.78, 5) is 8.41. The molecule has 1 atom stereocenters. The minimum Gasteiger partial charge on any atom is -0.353 e. The van der Waals surface area contributed by atoms with E-state index in [1.807, 2.05) is 0 Å². The van der Waals surface area contributed by atoms with Crippen molar-refractivity contribution in [3.8, 4) is 0 Å². The summed E-state index contributed by atoms with van der Waals surface area (Å²) >= 11 is 0. The highest BCUT2D eigenvalue weighted by Gasteiger charge is 2.13. The SMILES string of the molecule is c1noc2nc(NCC3CCCN3)ncc12. The molecule has 0 bridgehead atoms. The summed E-state index contributed by atoms with van der Waals surface area (Å²) in [6.45, 7) is 1.95. The lowest BCUT2D eigenvalue weighted by Gasteiger charge is -2.10. The van der Waals surface area contributed by atoms with E-state index in [-0.39, 0.29) is 0 Å². The van der Waals surface area contributed by atoms with Crippen molar-refractivity contribution in [2.75, 3.05) is 18.4 Å². The van der Waals surface area contributed by atoms with Crippen LogP contribution in [0.5, 0.6) is 0 Å². The van der Waals surface area contributed by atoms with Crippen LogP contribution in [0, 0.1) is 0 Å². The summed E-state index contributed by atoms with van der Waals surface area (Å²) < 4.78 is 4.97. The van der Waals surface area contributed by atoms with E-state index in [1.165, 1.54) is 12.8 Å². The van der Waals surface area contributed by atoms with Crippen molar-refractivity contribution in [2.24, 2.45) is 0 Å². The fraction of sp³-hybridized carbons (Fsp3) is 0.500. The van der Waals surface area contributed by atoms with Gasteiger partial charge in [-0.05, 0) is 19.4 Å². The summed E-state index contributed by atoms with van der Waals surface area (Å²) in [5.41, 5.74) is 0.525. The molecule has 2 aromatic heterocycles. The highest BCUT2D eigenvalue weighted by atomic mass is 16.5. The maximum absolute atomic E-state index is 4.97. The van der Waals surface area contributed by atoms with Gasteiger partial charge in [0.2, 0.25) is 5.95 Å². The van der Waals surface area contributed by atoms with Crippen LogP contribution < -0.4 is 10.6 Å². The van der Waals surface area contributed by atoms with Crippen LogP contribution in [0.1, 0.15) is 12.8 Å². The van der Waals surface area contributed by atoms with Crippen molar-refractivity contribution in [1.82, 2.24) is 20.4 Å². The minimum absolute atomic E-state index is 0.522. The molecule has 0 saturated carbocycles. The van der Waals surface area contributed by atoms with Gasteiger partial charge < -0.3 is 15.2 Å². The van der Waals surface area contributed by atoms with Gasteiger partial charge in [0.25, 0.3) is 5.71 Å². The molecule has 6 heteroatoms. The molecule has 0 spiro atoms. The molecule has 2 aromatic rings. The largest absolute Gasteiger partial charge is 0.353 e. The van der Waals surface area contributed by atoms with E-state index < -0.39 is 0 Å². The monoisotopic (exact) mass is 219 g/mol. The Hall–Kier alpha value is -1.69. The summed E-state index contributed by atoms with van der Waals surface area (Å²) in [6, 6.07) is 0.522. The van der Waals surface area contributed by atoms with E-state index in [9.17, 15) is 0 Å². The van der Waals surface area contributed by atoms with Crippen LogP contribution >= 0.6 is 0 Å². The van der Waals surface area contributed by atoms with Gasteiger partial charge >= 0.3 is 0 Å². The Kier molecular flexibility index (Phi) is 2.41. The van der Waals surface area contributed by atoms with E-state index in [4.69, 9.17) is 4.52 Å². The average Bonchev–Trinajstić information content (AvgIpc) is 2.97. The second-order valence-electron chi connectivity index (χ2n) is 3.95. The predicted octanol–water partition coefficient (Wildman–Crippen LogP) is 0.782. The van der Waals surface area contributed by atoms with Crippen molar-refractivity contribution in [1.29, 1.82) is 0 Å². The van der Waals surface area contributed by atoms with Crippen molar-refractivity contribution in [2.45, 2.75) is 18.9 Å². The highest BCUT2D eigenvalue weighted by Crippen LogP contribution is 2.11. The summed E-state index contributed by atoms with van der Waals surface area (Å²) in [7, 11) is 0. The third-order valence-corrected chi connectivity index (χ3v) is 2.78. The quantitative estimate of drug-likeness (QED) is 0.794. The van der Waals surface area contributed by atoms with Crippen LogP contribution in [0.15, 0.2) is 16.9 Å². The molecule has 1 unspecified atom stereocenters. The standard InChI is InChI=1S/C10H13N5O/c1-2-8(11-3-1)6-13-10-12-4-7-5-14-16-9(7)15-10/h4-5,8,11H,1-3,6H2,(H,12,13,15). The van der Waals surface area contributed by atoms with Gasteiger partial charge in [-0.3, -0.25) is 0 Å². The van der Waals surface area contributed by atoms with Crippen LogP contribution in [0.2, 0.25) is 0 Å². The van der Waals surface area contributed by atoms with E-state index in [0.29, 0.717) is 17.7 Å². The van der Waals surface area contributed by atoms with Gasteiger partial charge in [-0.25, -0.2) is 4.98 Å². The number of nitrogens with one attached hydrogen (secondary N) is 2. The van der Waals surface area contributed by atoms with Gasteiger partial charge in [0.1, 0.15) is 0 Å². The second-order valence-corrected chi connectivity index (χ2v) is 3.95. The van der Waals surface area contributed by atoms with E-state index in [2.05, 4.69) is 25.8 Å². The number of anilines is 1. The lowest BCUT2D eigenvalue weighted by Crippen LogP contribution is -2.29. The third-order valence-electron chi connectivity index (χ3n) is 2.78. The zero-order chi connectivity index (χ0) is 10.8. The lowest BCUT2D eigenvalue weighted by atomic mass is 10.2. The van der Waals surface area contributed by atoms with Crippen molar-refractivity contribution >= 4 is 17.0 Å². The molecule has 0 aliphatic carbocycles. The first kappa shape index (κ1) is 9.53. The Balaban J connectivity index is 1.68. The van der Waals surface area contributed by atoms with Crippen molar-refractivity contribution < 1.29 is 4.52 Å². The van der Waals surface area contributed by atoms with E-state index in [0.717, 1.165) is 18.5 Å². The zero-order valence-electron chi connectivity index (χ0n) is 8.81. The van der Waals surface area contributed by atoms with Crippen LogP contribution in [0.4, 0.5) is 5.95 Å². The first-order valence-corrected chi connectivity index (χ1v) is 5.46. The second kappa shape index (κ2) is 4.05. The number of hydrogen-bond donors (Lipinski definition) is 2.